The lowest BCUT2D eigenvalue weighted by Gasteiger charge is -2.16. The number of aromatic nitrogens is 3. The molecule has 0 radical (unpaired) electrons. The summed E-state index contributed by atoms with van der Waals surface area (Å²) in [6.45, 7) is 3.74. The number of fused-ring (bicyclic) bond motifs is 1. The van der Waals surface area contributed by atoms with Crippen molar-refractivity contribution in [2.75, 3.05) is 0 Å². The predicted molar refractivity (Wildman–Crippen MR) is 122 cm³/mol. The fourth-order valence-corrected chi connectivity index (χ4v) is 4.44. The van der Waals surface area contributed by atoms with Crippen molar-refractivity contribution < 1.29 is 14.4 Å². The maximum Gasteiger partial charge on any atom is 0.287 e. The number of aryl methyl sites for hydroxylation is 2. The zero-order chi connectivity index (χ0) is 22.8. The first kappa shape index (κ1) is 21.4. The second-order valence-electron chi connectivity index (χ2n) is 7.45. The van der Waals surface area contributed by atoms with Crippen LogP contribution < -0.4 is 11.1 Å². The van der Waals surface area contributed by atoms with Crippen molar-refractivity contribution >= 4 is 39.2 Å². The average molecular weight is 448 g/mol. The van der Waals surface area contributed by atoms with Crippen LogP contribution in [0.5, 0.6) is 0 Å². The van der Waals surface area contributed by atoms with Crippen molar-refractivity contribution in [2.45, 2.75) is 26.3 Å². The van der Waals surface area contributed by atoms with Gasteiger partial charge < -0.3 is 11.1 Å². The minimum atomic E-state index is -1.10. The molecule has 1 atom stereocenters. The van der Waals surface area contributed by atoms with E-state index < -0.39 is 23.6 Å². The fraction of sp³-hybridized carbons (Fsp3) is 0.174. The largest absolute Gasteiger partial charge is 0.363 e. The molecule has 162 valence electrons. The van der Waals surface area contributed by atoms with E-state index in [1.807, 2.05) is 55.5 Å². The summed E-state index contributed by atoms with van der Waals surface area (Å²) in [5, 5.41) is 7.62. The lowest BCUT2D eigenvalue weighted by Crippen LogP contribution is -2.47. The van der Waals surface area contributed by atoms with Crippen LogP contribution in [0.15, 0.2) is 54.6 Å². The van der Waals surface area contributed by atoms with Gasteiger partial charge >= 0.3 is 0 Å². The molecule has 3 N–H and O–H groups in total. The Bertz CT molecular complexity index is 1330. The van der Waals surface area contributed by atoms with Crippen LogP contribution in [0.3, 0.4) is 0 Å². The topological polar surface area (TPSA) is 120 Å². The third-order valence-electron chi connectivity index (χ3n) is 5.00. The normalized spacial score (nSPS) is 11.9. The van der Waals surface area contributed by atoms with E-state index in [0.29, 0.717) is 10.8 Å². The highest BCUT2D eigenvalue weighted by atomic mass is 32.1. The van der Waals surface area contributed by atoms with Crippen LogP contribution in [0.4, 0.5) is 0 Å². The van der Waals surface area contributed by atoms with Crippen LogP contribution in [0.1, 0.15) is 27.3 Å². The van der Waals surface area contributed by atoms with Crippen LogP contribution in [0.2, 0.25) is 0 Å². The number of Topliss-reactive ketones (excluding diaryl/α,β-unsaturated/α-hetero) is 1. The summed E-state index contributed by atoms with van der Waals surface area (Å²) in [6.07, 6.45) is 0.141. The van der Waals surface area contributed by atoms with E-state index in [2.05, 4.69) is 15.4 Å². The molecule has 0 saturated heterocycles. The van der Waals surface area contributed by atoms with E-state index in [9.17, 15) is 14.4 Å². The quantitative estimate of drug-likeness (QED) is 0.422. The van der Waals surface area contributed by atoms with Gasteiger partial charge in [0.25, 0.3) is 11.8 Å². The SMILES string of the molecule is Cc1cc(C(=O)NC(Cc2ccccc2)C(=O)C(N)=O)n(-c2nc3c(C)cccc3s2)n1. The van der Waals surface area contributed by atoms with Gasteiger partial charge in [-0.25, -0.2) is 9.67 Å². The molecular formula is C23H21N5O3S. The molecule has 0 bridgehead atoms. The van der Waals surface area contributed by atoms with Crippen molar-refractivity contribution in [3.05, 3.63) is 77.1 Å². The lowest BCUT2D eigenvalue weighted by atomic mass is 10.0. The molecule has 0 saturated carbocycles. The maximum atomic E-state index is 13.2. The molecule has 4 aromatic rings. The van der Waals surface area contributed by atoms with E-state index in [4.69, 9.17) is 5.73 Å². The molecule has 0 aliphatic carbocycles. The van der Waals surface area contributed by atoms with Crippen LogP contribution >= 0.6 is 11.3 Å². The Morgan fingerprint density at radius 2 is 1.84 bits per heavy atom. The number of benzene rings is 2. The summed E-state index contributed by atoms with van der Waals surface area (Å²) in [6, 6.07) is 15.5. The minimum Gasteiger partial charge on any atom is -0.363 e. The molecule has 0 aliphatic heterocycles. The minimum absolute atomic E-state index is 0.141. The van der Waals surface area contributed by atoms with E-state index in [0.717, 1.165) is 21.3 Å². The molecule has 0 aliphatic rings. The highest BCUT2D eigenvalue weighted by molar-refractivity contribution is 7.20. The van der Waals surface area contributed by atoms with Crippen LogP contribution in [0.25, 0.3) is 15.3 Å². The second-order valence-corrected chi connectivity index (χ2v) is 8.45. The van der Waals surface area contributed by atoms with Gasteiger partial charge in [0.1, 0.15) is 11.7 Å². The molecule has 0 fully saturated rings. The summed E-state index contributed by atoms with van der Waals surface area (Å²) in [5.74, 6) is -2.50. The number of rotatable bonds is 7. The molecule has 2 heterocycles. The standard InChI is InChI=1S/C23H21N5O3S/c1-13-7-6-10-18-19(13)26-23(32-18)28-17(11-14(2)27-28)22(31)25-16(20(29)21(24)30)12-15-8-4-3-5-9-15/h3-11,16H,12H2,1-2H3,(H2,24,30)(H,25,31). The third kappa shape index (κ3) is 4.28. The van der Waals surface area contributed by atoms with Gasteiger partial charge in [-0.15, -0.1) is 0 Å². The zero-order valence-electron chi connectivity index (χ0n) is 17.5. The van der Waals surface area contributed by atoms with Gasteiger partial charge in [-0.2, -0.15) is 5.10 Å². The molecule has 2 amide bonds. The molecule has 4 rings (SSSR count). The number of primary amides is 1. The number of nitrogens with one attached hydrogen (secondary N) is 1. The Morgan fingerprint density at radius 3 is 2.53 bits per heavy atom. The maximum absolute atomic E-state index is 13.2. The number of nitrogens with zero attached hydrogens (tertiary/aromatic N) is 3. The lowest BCUT2D eigenvalue weighted by molar-refractivity contribution is -0.137. The Balaban J connectivity index is 1.66. The number of nitrogens with two attached hydrogens (primary N) is 1. The van der Waals surface area contributed by atoms with E-state index in [1.165, 1.54) is 16.0 Å². The molecule has 9 heteroatoms. The first-order chi connectivity index (χ1) is 15.3. The van der Waals surface area contributed by atoms with Crippen molar-refractivity contribution in [3.63, 3.8) is 0 Å². The van der Waals surface area contributed by atoms with Crippen LogP contribution in [-0.4, -0.2) is 38.4 Å². The van der Waals surface area contributed by atoms with Gasteiger partial charge in [0.15, 0.2) is 0 Å². The highest BCUT2D eigenvalue weighted by Gasteiger charge is 2.28. The Kier molecular flexibility index (Phi) is 5.83. The molecule has 2 aromatic heterocycles. The summed E-state index contributed by atoms with van der Waals surface area (Å²) in [5.41, 5.74) is 8.72. The van der Waals surface area contributed by atoms with Crippen molar-refractivity contribution in [1.82, 2.24) is 20.1 Å². The van der Waals surface area contributed by atoms with Gasteiger partial charge in [0.2, 0.25) is 10.9 Å². The second kappa shape index (κ2) is 8.72. The molecule has 0 spiro atoms. The fourth-order valence-electron chi connectivity index (χ4n) is 3.44. The monoisotopic (exact) mass is 447 g/mol. The van der Waals surface area contributed by atoms with Crippen LogP contribution in [0, 0.1) is 13.8 Å². The predicted octanol–water partition coefficient (Wildman–Crippen LogP) is 2.49. The number of carbonyl (C=O) groups is 3. The van der Waals surface area contributed by atoms with Gasteiger partial charge in [-0.05, 0) is 37.1 Å². The first-order valence-corrected chi connectivity index (χ1v) is 10.8. The highest BCUT2D eigenvalue weighted by Crippen LogP contribution is 2.27. The number of amides is 2. The number of ketones is 1. The van der Waals surface area contributed by atoms with Crippen molar-refractivity contribution in [1.29, 1.82) is 0 Å². The van der Waals surface area contributed by atoms with Crippen molar-refractivity contribution in [3.8, 4) is 5.13 Å². The van der Waals surface area contributed by atoms with E-state index >= 15 is 0 Å². The number of thiazole rings is 1. The van der Waals surface area contributed by atoms with E-state index in [-0.39, 0.29) is 12.1 Å². The molecule has 1 unspecified atom stereocenters. The first-order valence-electron chi connectivity index (χ1n) is 9.95. The smallest absolute Gasteiger partial charge is 0.287 e. The molecule has 8 nitrogen and oxygen atoms in total. The van der Waals surface area contributed by atoms with Gasteiger partial charge in [0, 0.05) is 6.42 Å². The number of hydrogen-bond acceptors (Lipinski definition) is 6. The van der Waals surface area contributed by atoms with E-state index in [1.54, 1.807) is 13.0 Å². The summed E-state index contributed by atoms with van der Waals surface area (Å²) >= 11 is 1.41. The summed E-state index contributed by atoms with van der Waals surface area (Å²) < 4.78 is 2.44. The molecular weight excluding hydrogens is 426 g/mol. The average Bonchev–Trinajstić information content (AvgIpc) is 3.37. The van der Waals surface area contributed by atoms with Gasteiger partial charge in [-0.1, -0.05) is 53.8 Å². The van der Waals surface area contributed by atoms with Crippen molar-refractivity contribution in [2.24, 2.45) is 5.73 Å². The number of para-hydroxylation sites is 1. The summed E-state index contributed by atoms with van der Waals surface area (Å²) in [4.78, 5) is 41.8. The Hall–Kier alpha value is -3.85. The Morgan fingerprint density at radius 1 is 1.09 bits per heavy atom. The van der Waals surface area contributed by atoms with Gasteiger partial charge in [-0.3, -0.25) is 14.4 Å². The summed E-state index contributed by atoms with van der Waals surface area (Å²) in [7, 11) is 0. The van der Waals surface area contributed by atoms with Crippen LogP contribution in [-0.2, 0) is 16.0 Å². The Labute approximate surface area is 188 Å². The van der Waals surface area contributed by atoms with Gasteiger partial charge in [0.05, 0.1) is 15.9 Å². The third-order valence-corrected chi connectivity index (χ3v) is 6.00. The number of hydrogen-bond donors (Lipinski definition) is 2. The molecule has 2 aromatic carbocycles. The number of carbonyl (C=O) groups excluding carboxylic acids is 3. The zero-order valence-corrected chi connectivity index (χ0v) is 18.3. The molecule has 32 heavy (non-hydrogen) atoms.